The van der Waals surface area contributed by atoms with Gasteiger partial charge in [0.15, 0.2) is 0 Å². The average Bonchev–Trinajstić information content (AvgIpc) is 2.78. The highest BCUT2D eigenvalue weighted by Crippen LogP contribution is 2.26. The predicted octanol–water partition coefficient (Wildman–Crippen LogP) is 1.42. The van der Waals surface area contributed by atoms with Crippen molar-refractivity contribution in [3.63, 3.8) is 0 Å². The Morgan fingerprint density at radius 2 is 2.17 bits per heavy atom. The number of hydrogen-bond acceptors (Lipinski definition) is 3. The van der Waals surface area contributed by atoms with Crippen LogP contribution < -0.4 is 10.6 Å². The Balaban J connectivity index is 2.27. The van der Waals surface area contributed by atoms with Crippen LogP contribution in [-0.4, -0.2) is 44.0 Å². The van der Waals surface area contributed by atoms with Crippen molar-refractivity contribution < 1.29 is 0 Å². The molecule has 1 heterocycles. The van der Waals surface area contributed by atoms with E-state index in [9.17, 15) is 0 Å². The van der Waals surface area contributed by atoms with E-state index in [0.29, 0.717) is 6.04 Å². The van der Waals surface area contributed by atoms with E-state index in [-0.39, 0.29) is 5.84 Å². The van der Waals surface area contributed by atoms with Crippen LogP contribution in [0.1, 0.15) is 17.5 Å². The number of nitrogens with zero attached hydrogens (tertiary/aromatic N) is 2. The average molecular weight is 246 g/mol. The maximum absolute atomic E-state index is 7.71. The number of anilines is 1. The molecule has 4 heteroatoms. The standard InChI is InChI=1S/C14H22N4/c1-10-4-5-13(12(8-10)14(15)16)18-7-6-11(9-18)17(2)3/h4-5,8,11H,6-7,9H2,1-3H3,(H3,15,16). The first-order chi connectivity index (χ1) is 8.49. The molecule has 0 spiro atoms. The third-order valence-electron chi connectivity index (χ3n) is 3.68. The quantitative estimate of drug-likeness (QED) is 0.626. The molecule has 0 aliphatic carbocycles. The second-order valence-electron chi connectivity index (χ2n) is 5.29. The monoisotopic (exact) mass is 246 g/mol. The molecular formula is C14H22N4. The van der Waals surface area contributed by atoms with Crippen LogP contribution in [0.4, 0.5) is 5.69 Å². The number of hydrogen-bond donors (Lipinski definition) is 2. The van der Waals surface area contributed by atoms with Crippen molar-refractivity contribution in [1.82, 2.24) is 4.90 Å². The summed E-state index contributed by atoms with van der Waals surface area (Å²) < 4.78 is 0. The van der Waals surface area contributed by atoms with Crippen molar-refractivity contribution in [2.45, 2.75) is 19.4 Å². The number of benzene rings is 1. The number of nitrogens with one attached hydrogen (secondary N) is 1. The first-order valence-electron chi connectivity index (χ1n) is 6.35. The molecule has 98 valence electrons. The fourth-order valence-electron chi connectivity index (χ4n) is 2.52. The minimum atomic E-state index is 0.155. The molecule has 1 aliphatic rings. The number of amidine groups is 1. The van der Waals surface area contributed by atoms with Gasteiger partial charge in [0, 0.05) is 30.4 Å². The van der Waals surface area contributed by atoms with Gasteiger partial charge in [0.05, 0.1) is 0 Å². The summed E-state index contributed by atoms with van der Waals surface area (Å²) in [4.78, 5) is 4.60. The molecule has 0 saturated carbocycles. The van der Waals surface area contributed by atoms with Gasteiger partial charge in [-0.25, -0.2) is 0 Å². The van der Waals surface area contributed by atoms with Crippen molar-refractivity contribution in [2.24, 2.45) is 5.73 Å². The van der Waals surface area contributed by atoms with E-state index in [1.165, 1.54) is 0 Å². The minimum Gasteiger partial charge on any atom is -0.384 e. The first kappa shape index (κ1) is 12.9. The van der Waals surface area contributed by atoms with Crippen molar-refractivity contribution in [3.05, 3.63) is 29.3 Å². The van der Waals surface area contributed by atoms with Crippen LogP contribution >= 0.6 is 0 Å². The third kappa shape index (κ3) is 2.48. The highest BCUT2D eigenvalue weighted by Gasteiger charge is 2.25. The van der Waals surface area contributed by atoms with Crippen LogP contribution in [0.3, 0.4) is 0 Å². The van der Waals surface area contributed by atoms with E-state index in [4.69, 9.17) is 11.1 Å². The number of rotatable bonds is 3. The molecular weight excluding hydrogens is 224 g/mol. The van der Waals surface area contributed by atoms with Crippen LogP contribution in [0.2, 0.25) is 0 Å². The minimum absolute atomic E-state index is 0.155. The molecule has 1 saturated heterocycles. The van der Waals surface area contributed by atoms with Gasteiger partial charge in [-0.3, -0.25) is 5.41 Å². The van der Waals surface area contributed by atoms with Crippen molar-refractivity contribution in [3.8, 4) is 0 Å². The van der Waals surface area contributed by atoms with Crippen LogP contribution in [0.5, 0.6) is 0 Å². The Bertz CT molecular complexity index is 453. The molecule has 18 heavy (non-hydrogen) atoms. The first-order valence-corrected chi connectivity index (χ1v) is 6.35. The topological polar surface area (TPSA) is 56.4 Å². The molecule has 4 nitrogen and oxygen atoms in total. The zero-order valence-corrected chi connectivity index (χ0v) is 11.4. The van der Waals surface area contributed by atoms with Gasteiger partial charge >= 0.3 is 0 Å². The van der Waals surface area contributed by atoms with Gasteiger partial charge in [0.2, 0.25) is 0 Å². The predicted molar refractivity (Wildman–Crippen MR) is 76.5 cm³/mol. The van der Waals surface area contributed by atoms with Gasteiger partial charge in [-0.05, 0) is 39.6 Å². The summed E-state index contributed by atoms with van der Waals surface area (Å²) in [7, 11) is 4.24. The SMILES string of the molecule is Cc1ccc(N2CCC(N(C)C)C2)c(C(=N)N)c1. The lowest BCUT2D eigenvalue weighted by molar-refractivity contribution is 0.315. The van der Waals surface area contributed by atoms with Crippen molar-refractivity contribution in [2.75, 3.05) is 32.1 Å². The molecule has 1 unspecified atom stereocenters. The summed E-state index contributed by atoms with van der Waals surface area (Å²) in [5.41, 5.74) is 8.79. The Morgan fingerprint density at radius 3 is 2.72 bits per heavy atom. The normalized spacial score (nSPS) is 19.6. The lowest BCUT2D eigenvalue weighted by Gasteiger charge is -2.24. The molecule has 3 N–H and O–H groups in total. The molecule has 1 aromatic carbocycles. The Labute approximate surface area is 109 Å². The highest BCUT2D eigenvalue weighted by molar-refractivity contribution is 6.00. The second-order valence-corrected chi connectivity index (χ2v) is 5.29. The molecule has 1 aliphatic heterocycles. The van der Waals surface area contributed by atoms with Gasteiger partial charge < -0.3 is 15.5 Å². The summed E-state index contributed by atoms with van der Waals surface area (Å²) in [6.45, 7) is 4.07. The summed E-state index contributed by atoms with van der Waals surface area (Å²) in [5, 5.41) is 7.71. The van der Waals surface area contributed by atoms with E-state index >= 15 is 0 Å². The van der Waals surface area contributed by atoms with E-state index in [1.807, 2.05) is 13.0 Å². The largest absolute Gasteiger partial charge is 0.384 e. The number of nitrogens with two attached hydrogens (primary N) is 1. The zero-order valence-electron chi connectivity index (χ0n) is 11.4. The summed E-state index contributed by atoms with van der Waals surface area (Å²) in [6, 6.07) is 6.77. The van der Waals surface area contributed by atoms with Crippen molar-refractivity contribution >= 4 is 11.5 Å². The molecule has 0 bridgehead atoms. The second kappa shape index (κ2) is 4.98. The van der Waals surface area contributed by atoms with Crippen LogP contribution in [0, 0.1) is 12.3 Å². The maximum Gasteiger partial charge on any atom is 0.124 e. The number of likely N-dealkylation sites (N-methyl/N-ethyl adjacent to an activating group) is 1. The van der Waals surface area contributed by atoms with Crippen molar-refractivity contribution in [1.29, 1.82) is 5.41 Å². The van der Waals surface area contributed by atoms with Gasteiger partial charge in [-0.1, -0.05) is 11.6 Å². The molecule has 2 rings (SSSR count). The lowest BCUT2D eigenvalue weighted by atomic mass is 10.1. The summed E-state index contributed by atoms with van der Waals surface area (Å²) >= 11 is 0. The third-order valence-corrected chi connectivity index (χ3v) is 3.68. The number of aryl methyl sites for hydroxylation is 1. The van der Waals surface area contributed by atoms with E-state index in [2.05, 4.69) is 36.0 Å². The number of nitrogen functional groups attached to an aromatic ring is 1. The zero-order chi connectivity index (χ0) is 13.3. The van der Waals surface area contributed by atoms with Gasteiger partial charge in [0.25, 0.3) is 0 Å². The summed E-state index contributed by atoms with van der Waals surface area (Å²) in [6.07, 6.45) is 1.16. The van der Waals surface area contributed by atoms with E-state index in [1.54, 1.807) is 0 Å². The van der Waals surface area contributed by atoms with E-state index in [0.717, 1.165) is 36.3 Å². The van der Waals surface area contributed by atoms with Gasteiger partial charge in [-0.15, -0.1) is 0 Å². The smallest absolute Gasteiger partial charge is 0.124 e. The molecule has 1 atom stereocenters. The van der Waals surface area contributed by atoms with Gasteiger partial charge in [0.1, 0.15) is 5.84 Å². The van der Waals surface area contributed by atoms with E-state index < -0.39 is 0 Å². The van der Waals surface area contributed by atoms with Gasteiger partial charge in [-0.2, -0.15) is 0 Å². The van der Waals surface area contributed by atoms with Crippen LogP contribution in [0.25, 0.3) is 0 Å². The van der Waals surface area contributed by atoms with Crippen LogP contribution in [-0.2, 0) is 0 Å². The molecule has 0 radical (unpaired) electrons. The Hall–Kier alpha value is -1.55. The Morgan fingerprint density at radius 1 is 1.44 bits per heavy atom. The fourth-order valence-corrected chi connectivity index (χ4v) is 2.52. The molecule has 1 aromatic rings. The fraction of sp³-hybridized carbons (Fsp3) is 0.500. The lowest BCUT2D eigenvalue weighted by Crippen LogP contribution is -2.32. The highest BCUT2D eigenvalue weighted by atomic mass is 15.2. The van der Waals surface area contributed by atoms with Crippen LogP contribution in [0.15, 0.2) is 18.2 Å². The maximum atomic E-state index is 7.71. The summed E-state index contributed by atoms with van der Waals surface area (Å²) in [5.74, 6) is 0.155. The molecule has 0 aromatic heterocycles. The Kier molecular flexibility index (Phi) is 3.57. The molecule has 0 amide bonds. The molecule has 1 fully saturated rings.